The van der Waals surface area contributed by atoms with Gasteiger partial charge in [-0.25, -0.2) is 0 Å². The van der Waals surface area contributed by atoms with E-state index < -0.39 is 0 Å². The zero-order valence-corrected chi connectivity index (χ0v) is 12.7. The van der Waals surface area contributed by atoms with Crippen molar-refractivity contribution in [1.82, 2.24) is 20.2 Å². The highest BCUT2D eigenvalue weighted by atomic mass is 15.3. The molecule has 2 aromatic heterocycles. The minimum atomic E-state index is 0.525. The summed E-state index contributed by atoms with van der Waals surface area (Å²) in [5.74, 6) is 1.21. The van der Waals surface area contributed by atoms with Crippen LogP contribution in [0, 0.1) is 0 Å². The summed E-state index contributed by atoms with van der Waals surface area (Å²) in [7, 11) is 0. The molecule has 6 nitrogen and oxygen atoms in total. The lowest BCUT2D eigenvalue weighted by Gasteiger charge is -2.07. The van der Waals surface area contributed by atoms with Gasteiger partial charge in [-0.05, 0) is 23.6 Å². The van der Waals surface area contributed by atoms with Crippen LogP contribution in [0.5, 0.6) is 0 Å². The predicted molar refractivity (Wildman–Crippen MR) is 90.0 cm³/mol. The maximum absolute atomic E-state index is 4.40. The van der Waals surface area contributed by atoms with Gasteiger partial charge in [-0.1, -0.05) is 36.4 Å². The first-order valence-electron chi connectivity index (χ1n) is 7.50. The van der Waals surface area contributed by atoms with Gasteiger partial charge in [-0.15, -0.1) is 5.10 Å². The number of hydrogen-bond donors (Lipinski definition) is 2. The van der Waals surface area contributed by atoms with E-state index >= 15 is 0 Å². The third-order valence-corrected chi connectivity index (χ3v) is 3.29. The van der Waals surface area contributed by atoms with Crippen molar-refractivity contribution in [3.63, 3.8) is 0 Å². The highest BCUT2D eigenvalue weighted by Gasteiger charge is 2.01. The predicted octanol–water partition coefficient (Wildman–Crippen LogP) is 2.53. The Labute approximate surface area is 135 Å². The maximum Gasteiger partial charge on any atom is 0.244 e. The summed E-state index contributed by atoms with van der Waals surface area (Å²) in [6.45, 7) is 1.41. The monoisotopic (exact) mass is 306 g/mol. The van der Waals surface area contributed by atoms with Crippen LogP contribution >= 0.6 is 0 Å². The molecule has 0 unspecified atom stereocenters. The Morgan fingerprint density at radius 3 is 2.57 bits per heavy atom. The van der Waals surface area contributed by atoms with Crippen LogP contribution in [-0.2, 0) is 13.0 Å². The fourth-order valence-electron chi connectivity index (χ4n) is 2.12. The molecule has 0 saturated heterocycles. The molecule has 1 aromatic carbocycles. The normalized spacial score (nSPS) is 10.3. The molecule has 3 rings (SSSR count). The summed E-state index contributed by atoms with van der Waals surface area (Å²) in [6, 6.07) is 14.2. The summed E-state index contributed by atoms with van der Waals surface area (Å²) in [6.07, 6.45) is 6.10. The molecule has 0 spiro atoms. The van der Waals surface area contributed by atoms with Gasteiger partial charge in [-0.2, -0.15) is 10.1 Å². The Bertz CT molecular complexity index is 717. The molecule has 23 heavy (non-hydrogen) atoms. The minimum Gasteiger partial charge on any atom is -0.364 e. The number of nitrogens with zero attached hydrogens (tertiary/aromatic N) is 4. The van der Waals surface area contributed by atoms with E-state index in [-0.39, 0.29) is 0 Å². The molecular formula is C17H18N6. The first kappa shape index (κ1) is 14.9. The third kappa shape index (κ3) is 4.74. The number of benzene rings is 1. The highest BCUT2D eigenvalue weighted by Crippen LogP contribution is 2.07. The highest BCUT2D eigenvalue weighted by molar-refractivity contribution is 5.37. The van der Waals surface area contributed by atoms with Gasteiger partial charge >= 0.3 is 0 Å². The van der Waals surface area contributed by atoms with Crippen molar-refractivity contribution < 1.29 is 0 Å². The number of anilines is 2. The summed E-state index contributed by atoms with van der Waals surface area (Å²) in [5.41, 5.74) is 2.36. The number of hydrogen-bond acceptors (Lipinski definition) is 6. The SMILES string of the molecule is c1ccc(CCNc2nncc(NCc3cccnc3)n2)cc1. The molecule has 116 valence electrons. The molecule has 3 aromatic rings. The lowest BCUT2D eigenvalue weighted by atomic mass is 10.1. The van der Waals surface area contributed by atoms with Crippen LogP contribution in [0.4, 0.5) is 11.8 Å². The zero-order chi connectivity index (χ0) is 15.7. The van der Waals surface area contributed by atoms with Crippen LogP contribution in [0.1, 0.15) is 11.1 Å². The molecule has 0 aliphatic rings. The molecule has 0 saturated carbocycles. The standard InChI is InChI=1S/C17H18N6/c1-2-5-14(6-3-1)8-10-19-17-22-16(13-21-23-17)20-12-15-7-4-9-18-11-15/h1-7,9,11,13H,8,10,12H2,(H2,19,20,22,23). The van der Waals surface area contributed by atoms with Crippen molar-refractivity contribution in [2.45, 2.75) is 13.0 Å². The number of aromatic nitrogens is 4. The van der Waals surface area contributed by atoms with Crippen LogP contribution in [0.3, 0.4) is 0 Å². The van der Waals surface area contributed by atoms with E-state index in [1.807, 2.05) is 36.5 Å². The number of nitrogens with one attached hydrogen (secondary N) is 2. The van der Waals surface area contributed by atoms with Gasteiger partial charge in [-0.3, -0.25) is 4.98 Å². The van der Waals surface area contributed by atoms with Crippen molar-refractivity contribution in [2.24, 2.45) is 0 Å². The summed E-state index contributed by atoms with van der Waals surface area (Å²) in [5, 5.41) is 14.4. The van der Waals surface area contributed by atoms with Crippen molar-refractivity contribution in [2.75, 3.05) is 17.2 Å². The van der Waals surface area contributed by atoms with E-state index in [0.717, 1.165) is 18.5 Å². The number of pyridine rings is 1. The van der Waals surface area contributed by atoms with Crippen molar-refractivity contribution in [1.29, 1.82) is 0 Å². The Morgan fingerprint density at radius 1 is 0.870 bits per heavy atom. The second-order valence-electron chi connectivity index (χ2n) is 5.04. The molecule has 0 aliphatic carbocycles. The Hall–Kier alpha value is -3.02. The summed E-state index contributed by atoms with van der Waals surface area (Å²) >= 11 is 0. The molecule has 0 amide bonds. The van der Waals surface area contributed by atoms with Gasteiger partial charge in [0.2, 0.25) is 5.95 Å². The van der Waals surface area contributed by atoms with E-state index in [1.165, 1.54) is 5.56 Å². The van der Waals surface area contributed by atoms with Crippen LogP contribution in [0.25, 0.3) is 0 Å². The fourth-order valence-corrected chi connectivity index (χ4v) is 2.12. The lowest BCUT2D eigenvalue weighted by Crippen LogP contribution is -2.10. The smallest absolute Gasteiger partial charge is 0.244 e. The van der Waals surface area contributed by atoms with Crippen molar-refractivity contribution in [3.8, 4) is 0 Å². The maximum atomic E-state index is 4.40. The zero-order valence-electron chi connectivity index (χ0n) is 12.7. The largest absolute Gasteiger partial charge is 0.364 e. The molecule has 0 atom stereocenters. The van der Waals surface area contributed by atoms with E-state index in [9.17, 15) is 0 Å². The Balaban J connectivity index is 1.51. The second kappa shape index (κ2) is 7.84. The topological polar surface area (TPSA) is 75.6 Å². The van der Waals surface area contributed by atoms with Crippen molar-refractivity contribution >= 4 is 11.8 Å². The molecule has 0 bridgehead atoms. The van der Waals surface area contributed by atoms with Crippen LogP contribution in [0.2, 0.25) is 0 Å². The van der Waals surface area contributed by atoms with Gasteiger partial charge in [0, 0.05) is 25.5 Å². The summed E-state index contributed by atoms with van der Waals surface area (Å²) < 4.78 is 0. The second-order valence-corrected chi connectivity index (χ2v) is 5.04. The molecular weight excluding hydrogens is 288 g/mol. The molecule has 0 aliphatic heterocycles. The van der Waals surface area contributed by atoms with Crippen LogP contribution in [-0.4, -0.2) is 26.7 Å². The summed E-state index contributed by atoms with van der Waals surface area (Å²) in [4.78, 5) is 8.49. The average molecular weight is 306 g/mol. The molecule has 6 heteroatoms. The van der Waals surface area contributed by atoms with Gasteiger partial charge in [0.25, 0.3) is 0 Å². The van der Waals surface area contributed by atoms with E-state index in [2.05, 4.69) is 42.9 Å². The van der Waals surface area contributed by atoms with Gasteiger partial charge < -0.3 is 10.6 Å². The van der Waals surface area contributed by atoms with Crippen LogP contribution < -0.4 is 10.6 Å². The van der Waals surface area contributed by atoms with E-state index in [0.29, 0.717) is 18.3 Å². The first-order chi connectivity index (χ1) is 11.4. The quantitative estimate of drug-likeness (QED) is 0.698. The van der Waals surface area contributed by atoms with E-state index in [1.54, 1.807) is 12.4 Å². The number of rotatable bonds is 7. The van der Waals surface area contributed by atoms with Crippen molar-refractivity contribution in [3.05, 3.63) is 72.2 Å². The van der Waals surface area contributed by atoms with Gasteiger partial charge in [0.15, 0.2) is 5.82 Å². The third-order valence-electron chi connectivity index (χ3n) is 3.29. The fraction of sp³-hybridized carbons (Fsp3) is 0.176. The molecule has 2 N–H and O–H groups in total. The van der Waals surface area contributed by atoms with Gasteiger partial charge in [0.05, 0.1) is 6.20 Å². The molecule has 0 fully saturated rings. The Kier molecular flexibility index (Phi) is 5.08. The molecule has 0 radical (unpaired) electrons. The lowest BCUT2D eigenvalue weighted by molar-refractivity contribution is 0.920. The average Bonchev–Trinajstić information content (AvgIpc) is 2.62. The van der Waals surface area contributed by atoms with Gasteiger partial charge in [0.1, 0.15) is 0 Å². The minimum absolute atomic E-state index is 0.525. The van der Waals surface area contributed by atoms with Crippen LogP contribution in [0.15, 0.2) is 61.1 Å². The first-order valence-corrected chi connectivity index (χ1v) is 7.50. The Morgan fingerprint density at radius 2 is 1.74 bits per heavy atom. The van der Waals surface area contributed by atoms with E-state index in [4.69, 9.17) is 0 Å². The molecule has 2 heterocycles.